The molecule has 0 aliphatic rings. The van der Waals surface area contributed by atoms with Crippen LogP contribution in [0, 0.1) is 21.4 Å². The molecule has 0 aliphatic heterocycles. The molecule has 7 nitrogen and oxygen atoms in total. The summed E-state index contributed by atoms with van der Waals surface area (Å²) in [5.41, 5.74) is -0.0967. The summed E-state index contributed by atoms with van der Waals surface area (Å²) in [6.07, 6.45) is -5.44. The summed E-state index contributed by atoms with van der Waals surface area (Å²) in [5, 5.41) is 19.1. The van der Waals surface area contributed by atoms with Crippen LogP contribution in [0.5, 0.6) is 11.5 Å². The van der Waals surface area contributed by atoms with Gasteiger partial charge in [0, 0.05) is 6.07 Å². The molecule has 1 rings (SSSR count). The Hall–Kier alpha value is -2.57. The van der Waals surface area contributed by atoms with E-state index in [1.54, 1.807) is 6.07 Å². The van der Waals surface area contributed by atoms with Gasteiger partial charge in [-0.1, -0.05) is 0 Å². The summed E-state index contributed by atoms with van der Waals surface area (Å²) in [7, 11) is 1.01. The molecule has 0 amide bonds. The molecular formula is C9H6F3N3O4. The molecule has 10 heteroatoms. The van der Waals surface area contributed by atoms with Gasteiger partial charge >= 0.3 is 12.2 Å². The molecule has 0 fully saturated rings. The maximum Gasteiger partial charge on any atom is 0.573 e. The van der Waals surface area contributed by atoms with Crippen LogP contribution in [0.25, 0.3) is 0 Å². The molecule has 0 radical (unpaired) electrons. The number of halogens is 3. The minimum Gasteiger partial charge on any atom is -0.492 e. The molecule has 0 saturated heterocycles. The van der Waals surface area contributed by atoms with Crippen LogP contribution >= 0.6 is 0 Å². The van der Waals surface area contributed by atoms with E-state index in [-0.39, 0.29) is 12.1 Å². The fourth-order valence-electron chi connectivity index (χ4n) is 1.20. The third-order valence-corrected chi connectivity index (χ3v) is 1.84. The van der Waals surface area contributed by atoms with Crippen LogP contribution in [0.4, 0.5) is 19.0 Å². The number of alkyl halides is 3. The first kappa shape index (κ1) is 14.5. The Labute approximate surface area is 104 Å². The van der Waals surface area contributed by atoms with E-state index in [9.17, 15) is 23.3 Å². The lowest BCUT2D eigenvalue weighted by Gasteiger charge is -2.12. The van der Waals surface area contributed by atoms with Crippen molar-refractivity contribution in [1.82, 2.24) is 4.98 Å². The van der Waals surface area contributed by atoms with Gasteiger partial charge in [-0.2, -0.15) is 5.26 Å². The number of aromatic nitrogens is 1. The summed E-state index contributed by atoms with van der Waals surface area (Å²) in [5.74, 6) is -2.84. The topological polar surface area (TPSA) is 98.3 Å². The minimum atomic E-state index is -5.13. The third-order valence-electron chi connectivity index (χ3n) is 1.84. The monoisotopic (exact) mass is 277 g/mol. The van der Waals surface area contributed by atoms with Gasteiger partial charge in [0.2, 0.25) is 0 Å². The summed E-state index contributed by atoms with van der Waals surface area (Å²) in [6, 6.07) is 2.64. The van der Waals surface area contributed by atoms with Crippen LogP contribution in [0.2, 0.25) is 0 Å². The van der Waals surface area contributed by atoms with Crippen molar-refractivity contribution in [2.45, 2.75) is 12.8 Å². The molecule has 0 bridgehead atoms. The largest absolute Gasteiger partial charge is 0.573 e. The predicted molar refractivity (Wildman–Crippen MR) is 53.4 cm³/mol. The first-order valence-electron chi connectivity index (χ1n) is 4.63. The van der Waals surface area contributed by atoms with E-state index >= 15 is 0 Å². The first-order chi connectivity index (χ1) is 8.78. The van der Waals surface area contributed by atoms with E-state index in [4.69, 9.17) is 5.26 Å². The predicted octanol–water partition coefficient (Wildman–Crippen LogP) is 1.96. The molecule has 0 aliphatic carbocycles. The second-order valence-corrected chi connectivity index (χ2v) is 3.11. The number of methoxy groups -OCH3 is 1. The van der Waals surface area contributed by atoms with Gasteiger partial charge in [-0.15, -0.1) is 13.2 Å². The zero-order valence-electron chi connectivity index (χ0n) is 9.39. The quantitative estimate of drug-likeness (QED) is 0.616. The summed E-state index contributed by atoms with van der Waals surface area (Å²) in [6.45, 7) is 0. The van der Waals surface area contributed by atoms with Gasteiger partial charge in [0.1, 0.15) is 6.42 Å². The number of ether oxygens (including phenoxy) is 2. The second kappa shape index (κ2) is 5.38. The van der Waals surface area contributed by atoms with E-state index in [2.05, 4.69) is 14.5 Å². The summed E-state index contributed by atoms with van der Waals surface area (Å²) >= 11 is 0. The van der Waals surface area contributed by atoms with Crippen LogP contribution in [0.3, 0.4) is 0 Å². The van der Waals surface area contributed by atoms with Crippen LogP contribution in [0.15, 0.2) is 6.07 Å². The molecule has 102 valence electrons. The molecule has 0 atom stereocenters. The Kier molecular flexibility index (Phi) is 4.11. The number of rotatable bonds is 4. The van der Waals surface area contributed by atoms with Crippen molar-refractivity contribution in [3.05, 3.63) is 21.9 Å². The zero-order chi connectivity index (χ0) is 14.6. The number of nitrogens with zero attached hydrogens (tertiary/aromatic N) is 3. The number of hydrogen-bond acceptors (Lipinski definition) is 6. The van der Waals surface area contributed by atoms with Crippen molar-refractivity contribution in [3.63, 3.8) is 0 Å². The molecule has 1 aromatic rings. The standard InChI is InChI=1S/C9H6F3N3O4/c1-18-6-4-5(2-3-13)14-8(15(16)17)7(6)19-9(10,11)12/h4H,2H2,1H3. The van der Waals surface area contributed by atoms with Gasteiger partial charge in [-0.3, -0.25) is 0 Å². The SMILES string of the molecule is COc1cc(CC#N)nc([N+](=O)[O-])c1OC(F)(F)F. The average molecular weight is 277 g/mol. The fourth-order valence-corrected chi connectivity index (χ4v) is 1.20. The maximum absolute atomic E-state index is 12.2. The highest BCUT2D eigenvalue weighted by Crippen LogP contribution is 2.39. The van der Waals surface area contributed by atoms with E-state index in [1.165, 1.54) is 0 Å². The molecule has 0 aromatic carbocycles. The summed E-state index contributed by atoms with van der Waals surface area (Å²) in [4.78, 5) is 12.9. The first-order valence-corrected chi connectivity index (χ1v) is 4.63. The lowest BCUT2D eigenvalue weighted by molar-refractivity contribution is -0.393. The second-order valence-electron chi connectivity index (χ2n) is 3.11. The number of pyridine rings is 1. The van der Waals surface area contributed by atoms with E-state index < -0.39 is 28.6 Å². The molecule has 0 unspecified atom stereocenters. The average Bonchev–Trinajstić information content (AvgIpc) is 2.28. The van der Waals surface area contributed by atoms with Gasteiger partial charge in [0.05, 0.1) is 13.2 Å². The van der Waals surface area contributed by atoms with Gasteiger partial charge in [-0.05, 0) is 9.91 Å². The Morgan fingerprint density at radius 1 is 1.58 bits per heavy atom. The van der Waals surface area contributed by atoms with Crippen molar-refractivity contribution in [1.29, 1.82) is 5.26 Å². The highest BCUT2D eigenvalue weighted by molar-refractivity contribution is 5.52. The molecule has 19 heavy (non-hydrogen) atoms. The van der Waals surface area contributed by atoms with Crippen molar-refractivity contribution in [2.24, 2.45) is 0 Å². The minimum absolute atomic E-state index is 0.0967. The van der Waals surface area contributed by atoms with Crippen LogP contribution in [0.1, 0.15) is 5.69 Å². The van der Waals surface area contributed by atoms with Crippen LogP contribution in [-0.2, 0) is 6.42 Å². The highest BCUT2D eigenvalue weighted by Gasteiger charge is 2.38. The normalized spacial score (nSPS) is 10.7. The highest BCUT2D eigenvalue weighted by atomic mass is 19.4. The molecule has 1 heterocycles. The third kappa shape index (κ3) is 3.70. The fraction of sp³-hybridized carbons (Fsp3) is 0.333. The lowest BCUT2D eigenvalue weighted by atomic mass is 10.2. The zero-order valence-corrected chi connectivity index (χ0v) is 9.39. The van der Waals surface area contributed by atoms with Crippen molar-refractivity contribution in [3.8, 4) is 17.6 Å². The van der Waals surface area contributed by atoms with E-state index in [0.717, 1.165) is 13.2 Å². The van der Waals surface area contributed by atoms with Crippen molar-refractivity contribution >= 4 is 5.82 Å². The van der Waals surface area contributed by atoms with Gasteiger partial charge in [0.25, 0.3) is 5.75 Å². The van der Waals surface area contributed by atoms with Gasteiger partial charge in [-0.25, -0.2) is 0 Å². The van der Waals surface area contributed by atoms with E-state index in [0.29, 0.717) is 0 Å². The lowest BCUT2D eigenvalue weighted by Crippen LogP contribution is -2.19. The number of hydrogen-bond donors (Lipinski definition) is 0. The van der Waals surface area contributed by atoms with Crippen LogP contribution in [-0.4, -0.2) is 23.4 Å². The molecule has 1 aromatic heterocycles. The van der Waals surface area contributed by atoms with Crippen molar-refractivity contribution < 1.29 is 27.6 Å². The Bertz CT molecular complexity index is 539. The number of nitriles is 1. The Balaban J connectivity index is 3.41. The number of nitro groups is 1. The Morgan fingerprint density at radius 2 is 2.21 bits per heavy atom. The van der Waals surface area contributed by atoms with Gasteiger partial charge in [0.15, 0.2) is 11.4 Å². The Morgan fingerprint density at radius 3 is 2.63 bits per heavy atom. The van der Waals surface area contributed by atoms with Crippen LogP contribution < -0.4 is 9.47 Å². The maximum atomic E-state index is 12.2. The van der Waals surface area contributed by atoms with Crippen molar-refractivity contribution in [2.75, 3.05) is 7.11 Å². The molecule has 0 N–H and O–H groups in total. The smallest absolute Gasteiger partial charge is 0.492 e. The molecule has 0 saturated carbocycles. The van der Waals surface area contributed by atoms with E-state index in [1.807, 2.05) is 0 Å². The molecule has 0 spiro atoms. The summed E-state index contributed by atoms with van der Waals surface area (Å²) < 4.78 is 44.6. The van der Waals surface area contributed by atoms with Gasteiger partial charge < -0.3 is 19.6 Å². The molecular weight excluding hydrogens is 271 g/mol.